The van der Waals surface area contributed by atoms with Crippen molar-refractivity contribution in [1.29, 1.82) is 0 Å². The van der Waals surface area contributed by atoms with Gasteiger partial charge in [-0.05, 0) is 97.9 Å². The minimum absolute atomic E-state index is 0.0719. The third-order valence-electron chi connectivity index (χ3n) is 9.84. The van der Waals surface area contributed by atoms with E-state index in [2.05, 4.69) is 13.8 Å². The van der Waals surface area contributed by atoms with E-state index in [0.717, 1.165) is 63.4 Å². The van der Waals surface area contributed by atoms with Crippen molar-refractivity contribution >= 4 is 5.97 Å². The fourth-order valence-electron chi connectivity index (χ4n) is 8.51. The van der Waals surface area contributed by atoms with Crippen LogP contribution in [0.3, 0.4) is 0 Å². The van der Waals surface area contributed by atoms with Crippen LogP contribution in [0.15, 0.2) is 11.6 Å². The number of cyclic esters (lactones) is 1. The monoisotopic (exact) mass is 374 g/mol. The van der Waals surface area contributed by atoms with Gasteiger partial charge in [0.15, 0.2) is 0 Å². The van der Waals surface area contributed by atoms with Crippen LogP contribution in [0.25, 0.3) is 0 Å². The van der Waals surface area contributed by atoms with Crippen LogP contribution in [0.4, 0.5) is 0 Å². The number of aliphatic hydroxyl groups excluding tert-OH is 1. The molecule has 4 aliphatic carbocycles. The molecule has 0 aromatic carbocycles. The van der Waals surface area contributed by atoms with Crippen molar-refractivity contribution in [3.05, 3.63) is 11.6 Å². The minimum atomic E-state index is -0.584. The number of fused-ring (bicyclic) bond motifs is 5. The standard InChI is InChI=1S/C23H34O4/c1-21-8-6-16(24)12-15(21)5-10-23(26)18-4-3-17(14-11-20(25)27-13-14)22(18,2)9-7-19(21)23/h11,15-19,24,26H,3-10,12-13H2,1-2H3/t15-,16+,17-,18-,19-,21+,22-,23?/m1/s1. The molecule has 0 spiro atoms. The predicted molar refractivity (Wildman–Crippen MR) is 102 cm³/mol. The maximum atomic E-state index is 12.1. The highest BCUT2D eigenvalue weighted by Gasteiger charge is 2.66. The molecule has 0 saturated heterocycles. The van der Waals surface area contributed by atoms with E-state index in [-0.39, 0.29) is 22.9 Å². The predicted octanol–water partition coefficient (Wildman–Crippen LogP) is 3.60. The number of aliphatic hydroxyl groups is 2. The molecule has 0 amide bonds. The zero-order valence-corrected chi connectivity index (χ0v) is 16.7. The Bertz CT molecular complexity index is 686. The van der Waals surface area contributed by atoms with E-state index in [1.54, 1.807) is 6.08 Å². The fraction of sp³-hybridized carbons (Fsp3) is 0.870. The summed E-state index contributed by atoms with van der Waals surface area (Å²) < 4.78 is 5.21. The van der Waals surface area contributed by atoms with Crippen molar-refractivity contribution in [3.63, 3.8) is 0 Å². The van der Waals surface area contributed by atoms with E-state index >= 15 is 0 Å². The van der Waals surface area contributed by atoms with E-state index in [1.807, 2.05) is 0 Å². The van der Waals surface area contributed by atoms with Gasteiger partial charge in [0.1, 0.15) is 6.61 Å². The molecule has 4 saturated carbocycles. The topological polar surface area (TPSA) is 66.8 Å². The highest BCUT2D eigenvalue weighted by molar-refractivity contribution is 5.85. The van der Waals surface area contributed by atoms with Crippen LogP contribution in [0.1, 0.15) is 71.6 Å². The molecule has 4 heteroatoms. The zero-order chi connectivity index (χ0) is 19.0. The largest absolute Gasteiger partial charge is 0.458 e. The first-order chi connectivity index (χ1) is 12.8. The molecule has 1 aliphatic heterocycles. The molecule has 4 nitrogen and oxygen atoms in total. The molecule has 1 unspecified atom stereocenters. The molecule has 8 atom stereocenters. The Kier molecular flexibility index (Phi) is 3.92. The van der Waals surface area contributed by atoms with Crippen LogP contribution in [-0.4, -0.2) is 34.5 Å². The first-order valence-electron chi connectivity index (χ1n) is 11.0. The first-order valence-corrected chi connectivity index (χ1v) is 11.0. The summed E-state index contributed by atoms with van der Waals surface area (Å²) in [5.74, 6) is 1.39. The average molecular weight is 375 g/mol. The Morgan fingerprint density at radius 1 is 1.00 bits per heavy atom. The number of rotatable bonds is 1. The van der Waals surface area contributed by atoms with Gasteiger partial charge in [-0.3, -0.25) is 0 Å². The summed E-state index contributed by atoms with van der Waals surface area (Å²) in [5, 5.41) is 22.3. The zero-order valence-electron chi connectivity index (χ0n) is 16.7. The van der Waals surface area contributed by atoms with Gasteiger partial charge in [-0.2, -0.15) is 0 Å². The molecule has 0 aromatic heterocycles. The number of carbonyl (C=O) groups is 1. The van der Waals surface area contributed by atoms with E-state index in [1.165, 1.54) is 0 Å². The van der Waals surface area contributed by atoms with Gasteiger partial charge in [-0.15, -0.1) is 0 Å². The molecule has 0 radical (unpaired) electrons. The van der Waals surface area contributed by atoms with Crippen LogP contribution < -0.4 is 0 Å². The molecular formula is C23H34O4. The Morgan fingerprint density at radius 3 is 2.48 bits per heavy atom. The van der Waals surface area contributed by atoms with E-state index in [4.69, 9.17) is 4.74 Å². The Labute approximate surface area is 162 Å². The lowest BCUT2D eigenvalue weighted by atomic mass is 9.42. The van der Waals surface area contributed by atoms with E-state index in [0.29, 0.717) is 30.3 Å². The third-order valence-corrected chi connectivity index (χ3v) is 9.84. The molecule has 2 N–H and O–H groups in total. The van der Waals surface area contributed by atoms with Gasteiger partial charge in [0, 0.05) is 6.08 Å². The first kappa shape index (κ1) is 18.2. The van der Waals surface area contributed by atoms with Gasteiger partial charge in [-0.1, -0.05) is 13.8 Å². The summed E-state index contributed by atoms with van der Waals surface area (Å²) in [6.45, 7) is 5.22. The summed E-state index contributed by atoms with van der Waals surface area (Å²) in [7, 11) is 0. The summed E-state index contributed by atoms with van der Waals surface area (Å²) in [6.07, 6.45) is 10.7. The minimum Gasteiger partial charge on any atom is -0.458 e. The van der Waals surface area contributed by atoms with Crippen LogP contribution >= 0.6 is 0 Å². The van der Waals surface area contributed by atoms with Crippen LogP contribution in [0.5, 0.6) is 0 Å². The molecule has 1 heterocycles. The van der Waals surface area contributed by atoms with Gasteiger partial charge in [0.05, 0.1) is 11.7 Å². The van der Waals surface area contributed by atoms with Gasteiger partial charge in [0.2, 0.25) is 0 Å². The van der Waals surface area contributed by atoms with Gasteiger partial charge in [0.25, 0.3) is 0 Å². The Morgan fingerprint density at radius 2 is 1.74 bits per heavy atom. The van der Waals surface area contributed by atoms with Crippen molar-refractivity contribution in [1.82, 2.24) is 0 Å². The lowest BCUT2D eigenvalue weighted by molar-refractivity contribution is -0.224. The Balaban J connectivity index is 1.47. The molecule has 150 valence electrons. The normalized spacial score (nSPS) is 54.6. The second-order valence-electron chi connectivity index (χ2n) is 10.8. The third kappa shape index (κ3) is 2.38. The summed E-state index contributed by atoms with van der Waals surface area (Å²) >= 11 is 0. The SMILES string of the molecule is C[C@]12CC[C@H](O)C[C@H]1CCC1(O)[C@@H]2CC[C@]2(C)[C@@H](C3=CC(=O)OC3)CC[C@@H]12. The smallest absolute Gasteiger partial charge is 0.331 e. The van der Waals surface area contributed by atoms with Gasteiger partial charge in [-0.25, -0.2) is 4.79 Å². The van der Waals surface area contributed by atoms with E-state index < -0.39 is 5.60 Å². The average Bonchev–Trinajstić information content (AvgIpc) is 3.19. The van der Waals surface area contributed by atoms with Crippen molar-refractivity contribution in [3.8, 4) is 0 Å². The maximum Gasteiger partial charge on any atom is 0.331 e. The lowest BCUT2D eigenvalue weighted by Crippen LogP contribution is -2.64. The van der Waals surface area contributed by atoms with Gasteiger partial charge < -0.3 is 14.9 Å². The number of hydrogen-bond donors (Lipinski definition) is 2. The summed E-state index contributed by atoms with van der Waals surface area (Å²) in [6, 6.07) is 0. The molecule has 0 aromatic rings. The number of ether oxygens (including phenoxy) is 1. The highest BCUT2D eigenvalue weighted by Crippen LogP contribution is 2.69. The van der Waals surface area contributed by atoms with Crippen molar-refractivity contribution < 1.29 is 19.7 Å². The van der Waals surface area contributed by atoms with Crippen molar-refractivity contribution in [2.45, 2.75) is 83.3 Å². The number of esters is 1. The van der Waals surface area contributed by atoms with Crippen LogP contribution in [0, 0.1) is 34.5 Å². The quantitative estimate of drug-likeness (QED) is 0.688. The van der Waals surface area contributed by atoms with Crippen molar-refractivity contribution in [2.24, 2.45) is 34.5 Å². The number of hydrogen-bond acceptors (Lipinski definition) is 4. The molecular weight excluding hydrogens is 340 g/mol. The Hall–Kier alpha value is -0.870. The number of carbonyl (C=O) groups excluding carboxylic acids is 1. The summed E-state index contributed by atoms with van der Waals surface area (Å²) in [4.78, 5) is 11.6. The van der Waals surface area contributed by atoms with Crippen LogP contribution in [-0.2, 0) is 9.53 Å². The molecule has 5 aliphatic rings. The molecule has 0 bridgehead atoms. The highest BCUT2D eigenvalue weighted by atomic mass is 16.5. The molecule has 5 rings (SSSR count). The second kappa shape index (κ2) is 5.82. The van der Waals surface area contributed by atoms with Crippen LogP contribution in [0.2, 0.25) is 0 Å². The van der Waals surface area contributed by atoms with E-state index in [9.17, 15) is 15.0 Å². The van der Waals surface area contributed by atoms with Gasteiger partial charge >= 0.3 is 5.97 Å². The molecule has 27 heavy (non-hydrogen) atoms. The molecule has 4 fully saturated rings. The second-order valence-corrected chi connectivity index (χ2v) is 10.8. The van der Waals surface area contributed by atoms with Crippen molar-refractivity contribution in [2.75, 3.05) is 6.61 Å². The summed E-state index contributed by atoms with van der Waals surface area (Å²) in [5.41, 5.74) is 0.812. The lowest BCUT2D eigenvalue weighted by Gasteiger charge is -2.64. The maximum absolute atomic E-state index is 12.1. The fourth-order valence-corrected chi connectivity index (χ4v) is 8.51.